The first-order valence-corrected chi connectivity index (χ1v) is 10.1. The number of hydrogen-bond donors (Lipinski definition) is 1. The van der Waals surface area contributed by atoms with Crippen molar-refractivity contribution < 1.29 is 13.2 Å². The van der Waals surface area contributed by atoms with Crippen molar-refractivity contribution in [2.45, 2.75) is 37.5 Å². The van der Waals surface area contributed by atoms with E-state index in [-0.39, 0.29) is 11.3 Å². The summed E-state index contributed by atoms with van der Waals surface area (Å²) in [5.74, 6) is 0.0703. The van der Waals surface area contributed by atoms with Crippen LogP contribution in [0.4, 0.5) is 0 Å². The van der Waals surface area contributed by atoms with Crippen LogP contribution in [0.2, 0.25) is 0 Å². The molecule has 2 rings (SSSR count). The summed E-state index contributed by atoms with van der Waals surface area (Å²) in [4.78, 5) is 14.1. The normalized spacial score (nSPS) is 16.9. The lowest BCUT2D eigenvalue weighted by Gasteiger charge is -2.34. The summed E-state index contributed by atoms with van der Waals surface area (Å²) in [6, 6.07) is 7.12. The quantitative estimate of drug-likeness (QED) is 0.855. The molecule has 1 aliphatic heterocycles. The van der Waals surface area contributed by atoms with E-state index in [0.717, 1.165) is 5.56 Å². The van der Waals surface area contributed by atoms with Crippen LogP contribution in [0.3, 0.4) is 0 Å². The number of carbonyl (C=O) groups excluding carboxylic acids is 1. The summed E-state index contributed by atoms with van der Waals surface area (Å²) in [5.41, 5.74) is 1.09. The Balaban J connectivity index is 2.03. The van der Waals surface area contributed by atoms with E-state index in [4.69, 9.17) is 0 Å². The fourth-order valence-electron chi connectivity index (χ4n) is 2.84. The fraction of sp³-hybridized carbons (Fsp3) is 0.611. The van der Waals surface area contributed by atoms with Crippen LogP contribution in [0.25, 0.3) is 0 Å². The minimum absolute atomic E-state index is 0.0123. The highest BCUT2D eigenvalue weighted by atomic mass is 32.2. The lowest BCUT2D eigenvalue weighted by atomic mass is 9.87. The highest BCUT2D eigenvalue weighted by Gasteiger charge is 2.30. The highest BCUT2D eigenvalue weighted by Crippen LogP contribution is 2.25. The van der Waals surface area contributed by atoms with Crippen molar-refractivity contribution >= 4 is 15.9 Å². The number of sulfonamides is 1. The molecule has 1 aliphatic rings. The Kier molecular flexibility index (Phi) is 6.24. The lowest BCUT2D eigenvalue weighted by molar-refractivity contribution is -0.132. The molecule has 0 radical (unpaired) electrons. The van der Waals surface area contributed by atoms with Gasteiger partial charge in [-0.15, -0.1) is 0 Å². The molecule has 140 valence electrons. The number of amides is 1. The van der Waals surface area contributed by atoms with Gasteiger partial charge in [-0.25, -0.2) is 8.42 Å². The zero-order valence-corrected chi connectivity index (χ0v) is 16.4. The van der Waals surface area contributed by atoms with Crippen LogP contribution in [0.5, 0.6) is 0 Å². The van der Waals surface area contributed by atoms with Gasteiger partial charge in [0.05, 0.1) is 4.90 Å². The Morgan fingerprint density at radius 1 is 1.08 bits per heavy atom. The Bertz CT molecular complexity index is 685. The second-order valence-corrected chi connectivity index (χ2v) is 9.35. The standard InChI is InChI=1S/C18H29N3O3S/c1-18(2,3)15-5-7-16(8-6-15)25(23,24)21-13-11-20(12-14-21)17(22)9-10-19-4/h5-8,19H,9-14H2,1-4H3. The molecule has 0 saturated carbocycles. The summed E-state index contributed by atoms with van der Waals surface area (Å²) in [6.07, 6.45) is 0.442. The number of rotatable bonds is 5. The molecular formula is C18H29N3O3S. The van der Waals surface area contributed by atoms with Gasteiger partial charge in [-0.3, -0.25) is 4.79 Å². The third-order valence-electron chi connectivity index (χ3n) is 4.54. The molecule has 0 aliphatic carbocycles. The molecule has 0 aromatic heterocycles. The van der Waals surface area contributed by atoms with E-state index < -0.39 is 10.0 Å². The van der Waals surface area contributed by atoms with Crippen LogP contribution in [0.15, 0.2) is 29.2 Å². The van der Waals surface area contributed by atoms with E-state index in [2.05, 4.69) is 26.1 Å². The molecule has 1 heterocycles. The molecule has 6 nitrogen and oxygen atoms in total. The smallest absolute Gasteiger partial charge is 0.243 e. The second kappa shape index (κ2) is 7.85. The third-order valence-corrected chi connectivity index (χ3v) is 6.45. The molecule has 1 N–H and O–H groups in total. The van der Waals surface area contributed by atoms with Gasteiger partial charge in [-0.2, -0.15) is 4.31 Å². The van der Waals surface area contributed by atoms with E-state index in [1.165, 1.54) is 4.31 Å². The maximum absolute atomic E-state index is 12.8. The first kappa shape index (κ1) is 19.9. The minimum Gasteiger partial charge on any atom is -0.340 e. The highest BCUT2D eigenvalue weighted by molar-refractivity contribution is 7.89. The maximum atomic E-state index is 12.8. The summed E-state index contributed by atoms with van der Waals surface area (Å²) in [5, 5.41) is 2.95. The van der Waals surface area contributed by atoms with Gasteiger partial charge < -0.3 is 10.2 Å². The minimum atomic E-state index is -3.51. The van der Waals surface area contributed by atoms with Crippen LogP contribution in [-0.4, -0.2) is 63.3 Å². The molecule has 0 atom stereocenters. The molecule has 0 spiro atoms. The van der Waals surface area contributed by atoms with Crippen molar-refractivity contribution in [1.29, 1.82) is 0 Å². The van der Waals surface area contributed by atoms with Crippen LogP contribution >= 0.6 is 0 Å². The van der Waals surface area contributed by atoms with Gasteiger partial charge in [0.15, 0.2) is 0 Å². The molecule has 0 bridgehead atoms. The maximum Gasteiger partial charge on any atom is 0.243 e. The van der Waals surface area contributed by atoms with Gasteiger partial charge in [-0.1, -0.05) is 32.9 Å². The fourth-order valence-corrected chi connectivity index (χ4v) is 4.27. The zero-order valence-electron chi connectivity index (χ0n) is 15.6. The first-order chi connectivity index (χ1) is 11.7. The molecule has 1 fully saturated rings. The van der Waals surface area contributed by atoms with Crippen molar-refractivity contribution in [3.8, 4) is 0 Å². The molecule has 1 aromatic carbocycles. The average molecular weight is 368 g/mol. The molecule has 0 unspecified atom stereocenters. The Hall–Kier alpha value is -1.44. The molecule has 1 saturated heterocycles. The van der Waals surface area contributed by atoms with Crippen molar-refractivity contribution in [3.05, 3.63) is 29.8 Å². The van der Waals surface area contributed by atoms with E-state index in [1.807, 2.05) is 19.2 Å². The SMILES string of the molecule is CNCCC(=O)N1CCN(S(=O)(=O)c2ccc(C(C)(C)C)cc2)CC1. The van der Waals surface area contributed by atoms with E-state index in [9.17, 15) is 13.2 Å². The van der Waals surface area contributed by atoms with Crippen LogP contribution < -0.4 is 5.32 Å². The lowest BCUT2D eigenvalue weighted by Crippen LogP contribution is -2.50. The first-order valence-electron chi connectivity index (χ1n) is 8.69. The Labute approximate surface area is 151 Å². The van der Waals surface area contributed by atoms with Gasteiger partial charge in [0.25, 0.3) is 0 Å². The summed E-state index contributed by atoms with van der Waals surface area (Å²) < 4.78 is 27.1. The molecule has 1 aromatic rings. The summed E-state index contributed by atoms with van der Waals surface area (Å²) in [6.45, 7) is 8.51. The molecule has 1 amide bonds. The van der Waals surface area contributed by atoms with Gasteiger partial charge in [0.1, 0.15) is 0 Å². The van der Waals surface area contributed by atoms with Crippen molar-refractivity contribution in [2.75, 3.05) is 39.8 Å². The van der Waals surface area contributed by atoms with Gasteiger partial charge in [-0.05, 0) is 30.2 Å². The van der Waals surface area contributed by atoms with Crippen LogP contribution in [0.1, 0.15) is 32.8 Å². The monoisotopic (exact) mass is 367 g/mol. The number of hydrogen-bond acceptors (Lipinski definition) is 4. The second-order valence-electron chi connectivity index (χ2n) is 7.41. The molecule has 7 heteroatoms. The predicted molar refractivity (Wildman–Crippen MR) is 99.0 cm³/mol. The summed E-state index contributed by atoms with van der Waals surface area (Å²) in [7, 11) is -1.70. The van der Waals surface area contributed by atoms with Crippen LogP contribution in [-0.2, 0) is 20.2 Å². The van der Waals surface area contributed by atoms with Crippen molar-refractivity contribution in [1.82, 2.24) is 14.5 Å². The topological polar surface area (TPSA) is 69.7 Å². The molecule has 25 heavy (non-hydrogen) atoms. The number of nitrogens with zero attached hydrogens (tertiary/aromatic N) is 2. The number of nitrogens with one attached hydrogen (secondary N) is 1. The van der Waals surface area contributed by atoms with E-state index in [1.54, 1.807) is 17.0 Å². The van der Waals surface area contributed by atoms with Crippen molar-refractivity contribution in [2.24, 2.45) is 0 Å². The van der Waals surface area contributed by atoms with E-state index in [0.29, 0.717) is 44.0 Å². The van der Waals surface area contributed by atoms with Crippen LogP contribution in [0, 0.1) is 0 Å². The number of piperazine rings is 1. The third kappa shape index (κ3) is 4.80. The Morgan fingerprint density at radius 3 is 2.12 bits per heavy atom. The molecular weight excluding hydrogens is 338 g/mol. The predicted octanol–water partition coefficient (Wildman–Crippen LogP) is 1.43. The number of carbonyl (C=O) groups is 1. The zero-order chi connectivity index (χ0) is 18.7. The van der Waals surface area contributed by atoms with Crippen molar-refractivity contribution in [3.63, 3.8) is 0 Å². The Morgan fingerprint density at radius 2 is 1.64 bits per heavy atom. The average Bonchev–Trinajstić information content (AvgIpc) is 2.59. The van der Waals surface area contributed by atoms with Gasteiger partial charge in [0, 0.05) is 39.1 Å². The van der Waals surface area contributed by atoms with Gasteiger partial charge in [0.2, 0.25) is 15.9 Å². The van der Waals surface area contributed by atoms with Gasteiger partial charge >= 0.3 is 0 Å². The summed E-state index contributed by atoms with van der Waals surface area (Å²) >= 11 is 0. The number of benzene rings is 1. The van der Waals surface area contributed by atoms with E-state index >= 15 is 0 Å². The largest absolute Gasteiger partial charge is 0.340 e.